The van der Waals surface area contributed by atoms with Crippen molar-refractivity contribution in [2.75, 3.05) is 6.61 Å². The molecule has 1 saturated heterocycles. The van der Waals surface area contributed by atoms with Crippen LogP contribution in [0.3, 0.4) is 0 Å². The minimum absolute atomic E-state index is 0.415. The summed E-state index contributed by atoms with van der Waals surface area (Å²) >= 11 is 0. The third-order valence-electron chi connectivity index (χ3n) is 2.69. The summed E-state index contributed by atoms with van der Waals surface area (Å²) in [7, 11) is 0. The van der Waals surface area contributed by atoms with Crippen LogP contribution < -0.4 is 0 Å². The zero-order valence-electron chi connectivity index (χ0n) is 6.99. The first-order chi connectivity index (χ1) is 5.93. The van der Waals surface area contributed by atoms with E-state index in [4.69, 9.17) is 4.74 Å². The largest absolute Gasteiger partial charge is 0.368 e. The van der Waals surface area contributed by atoms with Crippen LogP contribution in [-0.2, 0) is 4.74 Å². The molecule has 1 aromatic rings. The van der Waals surface area contributed by atoms with Crippen molar-refractivity contribution in [3.8, 4) is 0 Å². The van der Waals surface area contributed by atoms with Gasteiger partial charge in [-0.3, -0.25) is 0 Å². The van der Waals surface area contributed by atoms with Crippen molar-refractivity contribution >= 4 is 0 Å². The highest BCUT2D eigenvalue weighted by molar-refractivity contribution is 5.30. The molecule has 1 heteroatoms. The van der Waals surface area contributed by atoms with Gasteiger partial charge in [0.2, 0.25) is 0 Å². The normalized spacial score (nSPS) is 27.2. The van der Waals surface area contributed by atoms with Gasteiger partial charge in [-0.15, -0.1) is 0 Å². The molecule has 2 aliphatic rings. The highest BCUT2D eigenvalue weighted by Crippen LogP contribution is 2.40. The molecule has 0 radical (unpaired) electrons. The van der Waals surface area contributed by atoms with E-state index < -0.39 is 0 Å². The first-order valence-electron chi connectivity index (χ1n) is 4.65. The van der Waals surface area contributed by atoms with Gasteiger partial charge < -0.3 is 4.74 Å². The van der Waals surface area contributed by atoms with Crippen molar-refractivity contribution in [3.63, 3.8) is 0 Å². The number of epoxide rings is 1. The third-order valence-corrected chi connectivity index (χ3v) is 2.69. The lowest BCUT2D eigenvalue weighted by Crippen LogP contribution is -1.82. The van der Waals surface area contributed by atoms with Crippen LogP contribution in [0.1, 0.15) is 36.0 Å². The van der Waals surface area contributed by atoms with Gasteiger partial charge in [-0.05, 0) is 29.9 Å². The second-order valence-corrected chi connectivity index (χ2v) is 3.76. The Morgan fingerprint density at radius 1 is 1.00 bits per heavy atom. The zero-order valence-corrected chi connectivity index (χ0v) is 6.99. The molecule has 1 atom stereocenters. The van der Waals surface area contributed by atoms with Crippen molar-refractivity contribution in [3.05, 3.63) is 35.4 Å². The molecular weight excluding hydrogens is 148 g/mol. The van der Waals surface area contributed by atoms with Crippen molar-refractivity contribution in [1.82, 2.24) is 0 Å². The van der Waals surface area contributed by atoms with Gasteiger partial charge in [0, 0.05) is 0 Å². The molecule has 0 aromatic heterocycles. The van der Waals surface area contributed by atoms with Crippen LogP contribution in [0.5, 0.6) is 0 Å². The van der Waals surface area contributed by atoms with Gasteiger partial charge in [-0.1, -0.05) is 24.3 Å². The molecule has 0 spiro atoms. The van der Waals surface area contributed by atoms with Crippen molar-refractivity contribution in [2.45, 2.75) is 24.9 Å². The average Bonchev–Trinajstić information content (AvgIpc) is 2.98. The summed E-state index contributed by atoms with van der Waals surface area (Å²) in [6.45, 7) is 0.919. The predicted molar refractivity (Wildman–Crippen MR) is 47.1 cm³/mol. The Kier molecular flexibility index (Phi) is 1.30. The van der Waals surface area contributed by atoms with Crippen LogP contribution in [0, 0.1) is 0 Å². The number of ether oxygens (including phenoxy) is 1. The SMILES string of the molecule is c1cc([C@@H]2CO2)ccc1C1CC1. The Balaban J connectivity index is 1.86. The van der Waals surface area contributed by atoms with E-state index in [0.29, 0.717) is 6.10 Å². The molecule has 3 rings (SSSR count). The minimum atomic E-state index is 0.415. The highest BCUT2D eigenvalue weighted by atomic mass is 16.6. The zero-order chi connectivity index (χ0) is 7.97. The van der Waals surface area contributed by atoms with E-state index in [9.17, 15) is 0 Å². The highest BCUT2D eigenvalue weighted by Gasteiger charge is 2.26. The number of rotatable bonds is 2. The standard InChI is InChI=1S/C11H12O/c1-2-8(1)9-3-5-10(6-4-9)11-7-12-11/h3-6,8,11H,1-2,7H2/t11-/m0/s1. The topological polar surface area (TPSA) is 12.5 Å². The van der Waals surface area contributed by atoms with E-state index in [1.165, 1.54) is 24.0 Å². The van der Waals surface area contributed by atoms with E-state index in [0.717, 1.165) is 12.5 Å². The first kappa shape index (κ1) is 6.67. The van der Waals surface area contributed by atoms with E-state index in [2.05, 4.69) is 24.3 Å². The first-order valence-corrected chi connectivity index (χ1v) is 4.65. The summed E-state index contributed by atoms with van der Waals surface area (Å²) in [6.07, 6.45) is 3.19. The fraction of sp³-hybridized carbons (Fsp3) is 0.455. The lowest BCUT2D eigenvalue weighted by Gasteiger charge is -1.98. The molecule has 0 unspecified atom stereocenters. The summed E-state index contributed by atoms with van der Waals surface area (Å²) in [6, 6.07) is 8.94. The molecule has 2 fully saturated rings. The summed E-state index contributed by atoms with van der Waals surface area (Å²) in [4.78, 5) is 0. The Hall–Kier alpha value is -0.820. The van der Waals surface area contributed by atoms with Crippen LogP contribution in [0.25, 0.3) is 0 Å². The van der Waals surface area contributed by atoms with Crippen LogP contribution in [-0.4, -0.2) is 6.61 Å². The minimum Gasteiger partial charge on any atom is -0.368 e. The van der Waals surface area contributed by atoms with Crippen molar-refractivity contribution in [1.29, 1.82) is 0 Å². The monoisotopic (exact) mass is 160 g/mol. The summed E-state index contributed by atoms with van der Waals surface area (Å²) < 4.78 is 5.21. The van der Waals surface area contributed by atoms with Gasteiger partial charge in [0.05, 0.1) is 6.61 Å². The number of benzene rings is 1. The quantitative estimate of drug-likeness (QED) is 0.606. The molecule has 62 valence electrons. The van der Waals surface area contributed by atoms with Gasteiger partial charge in [0.15, 0.2) is 0 Å². The van der Waals surface area contributed by atoms with Gasteiger partial charge in [0.25, 0.3) is 0 Å². The van der Waals surface area contributed by atoms with E-state index in [1.54, 1.807) is 0 Å². The fourth-order valence-electron chi connectivity index (χ4n) is 1.64. The molecular formula is C11H12O. The number of hydrogen-bond acceptors (Lipinski definition) is 1. The van der Waals surface area contributed by atoms with Crippen LogP contribution in [0.2, 0.25) is 0 Å². The summed E-state index contributed by atoms with van der Waals surface area (Å²) in [5.41, 5.74) is 2.86. The molecule has 1 saturated carbocycles. The third kappa shape index (κ3) is 1.14. The Labute approximate surface area is 72.4 Å². The van der Waals surface area contributed by atoms with Crippen molar-refractivity contribution < 1.29 is 4.74 Å². The van der Waals surface area contributed by atoms with E-state index in [1.807, 2.05) is 0 Å². The van der Waals surface area contributed by atoms with Crippen molar-refractivity contribution in [2.24, 2.45) is 0 Å². The lowest BCUT2D eigenvalue weighted by molar-refractivity contribution is 0.415. The molecule has 1 aromatic carbocycles. The van der Waals surface area contributed by atoms with Crippen LogP contribution in [0.4, 0.5) is 0 Å². The molecule has 1 nitrogen and oxygen atoms in total. The lowest BCUT2D eigenvalue weighted by atomic mass is 10.1. The van der Waals surface area contributed by atoms with Crippen LogP contribution in [0.15, 0.2) is 24.3 Å². The average molecular weight is 160 g/mol. The van der Waals surface area contributed by atoms with Gasteiger partial charge in [0.1, 0.15) is 6.10 Å². The Morgan fingerprint density at radius 2 is 1.58 bits per heavy atom. The fourth-order valence-corrected chi connectivity index (χ4v) is 1.64. The van der Waals surface area contributed by atoms with Crippen LogP contribution >= 0.6 is 0 Å². The Bertz CT molecular complexity index is 249. The second kappa shape index (κ2) is 2.33. The smallest absolute Gasteiger partial charge is 0.106 e. The molecule has 0 N–H and O–H groups in total. The van der Waals surface area contributed by atoms with Gasteiger partial charge >= 0.3 is 0 Å². The summed E-state index contributed by atoms with van der Waals surface area (Å²) in [5, 5.41) is 0. The van der Waals surface area contributed by atoms with E-state index in [-0.39, 0.29) is 0 Å². The molecule has 1 aliphatic carbocycles. The molecule has 12 heavy (non-hydrogen) atoms. The van der Waals surface area contributed by atoms with E-state index >= 15 is 0 Å². The second-order valence-electron chi connectivity index (χ2n) is 3.76. The predicted octanol–water partition coefficient (Wildman–Crippen LogP) is 2.64. The molecule has 0 amide bonds. The maximum Gasteiger partial charge on any atom is 0.106 e. The van der Waals surface area contributed by atoms with Gasteiger partial charge in [-0.2, -0.15) is 0 Å². The summed E-state index contributed by atoms with van der Waals surface area (Å²) in [5.74, 6) is 0.874. The Morgan fingerprint density at radius 3 is 2.08 bits per heavy atom. The molecule has 0 bridgehead atoms. The maximum atomic E-state index is 5.21. The number of hydrogen-bond donors (Lipinski definition) is 0. The molecule has 1 heterocycles. The molecule has 1 aliphatic heterocycles. The van der Waals surface area contributed by atoms with Gasteiger partial charge in [-0.25, -0.2) is 0 Å². The maximum absolute atomic E-state index is 5.21.